The summed E-state index contributed by atoms with van der Waals surface area (Å²) >= 11 is 0. The van der Waals surface area contributed by atoms with Crippen LogP contribution in [0.3, 0.4) is 0 Å². The summed E-state index contributed by atoms with van der Waals surface area (Å²) in [5, 5.41) is 12.9. The number of amides is 1. The van der Waals surface area contributed by atoms with Crippen LogP contribution in [0.2, 0.25) is 0 Å². The summed E-state index contributed by atoms with van der Waals surface area (Å²) in [6, 6.07) is 12.1. The lowest BCUT2D eigenvalue weighted by Gasteiger charge is -2.41. The highest BCUT2D eigenvalue weighted by Crippen LogP contribution is 2.28. The number of aromatic nitrogens is 1. The minimum atomic E-state index is -0.719. The van der Waals surface area contributed by atoms with Gasteiger partial charge in [0.05, 0.1) is 5.69 Å². The average molecular weight is 388 g/mol. The Kier molecular flexibility index (Phi) is 7.88. The maximum absolute atomic E-state index is 13.5. The number of benzene rings is 1. The molecule has 0 saturated carbocycles. The lowest BCUT2D eigenvalue weighted by atomic mass is 9.86. The molecule has 28 heavy (non-hydrogen) atoms. The van der Waals surface area contributed by atoms with Gasteiger partial charge in [0, 0.05) is 38.6 Å². The first-order valence-corrected chi connectivity index (χ1v) is 8.99. The molecule has 2 aromatic rings. The standard InChI is InChI=1S/C19H23FN4O.CH2O2/c1-21-18(25)19(23-16-7-4-5-15(20)13-16)8-11-24(12-9-19)14-17-6-2-3-10-22-17;2-1-3/h2-7,10,13,23H,8-9,11-12,14H2,1H3,(H,21,25);1H,(H,2,3). The third-order valence-electron chi connectivity index (χ3n) is 4.69. The fraction of sp³-hybridized carbons (Fsp3) is 0.350. The van der Waals surface area contributed by atoms with Gasteiger partial charge in [0.2, 0.25) is 5.91 Å². The zero-order valence-electron chi connectivity index (χ0n) is 15.8. The van der Waals surface area contributed by atoms with Crippen LogP contribution < -0.4 is 10.6 Å². The molecule has 1 amide bonds. The van der Waals surface area contributed by atoms with Crippen molar-refractivity contribution in [3.63, 3.8) is 0 Å². The van der Waals surface area contributed by atoms with Crippen molar-refractivity contribution in [2.75, 3.05) is 25.5 Å². The van der Waals surface area contributed by atoms with E-state index in [2.05, 4.69) is 20.5 Å². The van der Waals surface area contributed by atoms with Gasteiger partial charge in [-0.3, -0.25) is 19.5 Å². The van der Waals surface area contributed by atoms with Gasteiger partial charge in [-0.15, -0.1) is 0 Å². The second kappa shape index (κ2) is 10.4. The van der Waals surface area contributed by atoms with E-state index in [0.29, 0.717) is 18.5 Å². The first-order chi connectivity index (χ1) is 13.5. The molecular weight excluding hydrogens is 363 g/mol. The minimum absolute atomic E-state index is 0.0609. The van der Waals surface area contributed by atoms with Crippen LogP contribution >= 0.6 is 0 Å². The molecule has 0 unspecified atom stereocenters. The summed E-state index contributed by atoms with van der Waals surface area (Å²) in [5.41, 5.74) is 0.929. The lowest BCUT2D eigenvalue weighted by molar-refractivity contribution is -0.126. The number of carbonyl (C=O) groups excluding carboxylic acids is 1. The zero-order chi connectivity index (χ0) is 20.4. The van der Waals surface area contributed by atoms with Gasteiger partial charge in [-0.1, -0.05) is 12.1 Å². The lowest BCUT2D eigenvalue weighted by Crippen LogP contribution is -2.57. The number of rotatable bonds is 5. The molecule has 1 aliphatic heterocycles. The topological polar surface area (TPSA) is 94.6 Å². The van der Waals surface area contributed by atoms with Gasteiger partial charge >= 0.3 is 0 Å². The highest BCUT2D eigenvalue weighted by Gasteiger charge is 2.40. The van der Waals surface area contributed by atoms with Crippen LogP contribution in [0.5, 0.6) is 0 Å². The van der Waals surface area contributed by atoms with Crippen LogP contribution in [-0.4, -0.2) is 53.0 Å². The molecule has 3 N–H and O–H groups in total. The molecule has 1 aromatic carbocycles. The Labute approximate surface area is 163 Å². The van der Waals surface area contributed by atoms with Crippen LogP contribution in [0.25, 0.3) is 0 Å². The highest BCUT2D eigenvalue weighted by molar-refractivity contribution is 5.89. The van der Waals surface area contributed by atoms with Gasteiger partial charge in [0.1, 0.15) is 11.4 Å². The molecule has 3 rings (SSSR count). The molecule has 1 fully saturated rings. The van der Waals surface area contributed by atoms with Crippen LogP contribution in [0, 0.1) is 5.82 Å². The minimum Gasteiger partial charge on any atom is -0.483 e. The maximum atomic E-state index is 13.5. The maximum Gasteiger partial charge on any atom is 0.290 e. The Morgan fingerprint density at radius 3 is 2.57 bits per heavy atom. The van der Waals surface area contributed by atoms with E-state index in [9.17, 15) is 9.18 Å². The Bertz CT molecular complexity index is 765. The largest absolute Gasteiger partial charge is 0.483 e. The monoisotopic (exact) mass is 388 g/mol. The molecule has 1 aliphatic rings. The number of anilines is 1. The fourth-order valence-electron chi connectivity index (χ4n) is 3.30. The second-order valence-electron chi connectivity index (χ2n) is 6.50. The normalized spacial score (nSPS) is 15.6. The van der Waals surface area contributed by atoms with E-state index >= 15 is 0 Å². The summed E-state index contributed by atoms with van der Waals surface area (Å²) in [4.78, 5) is 27.6. The van der Waals surface area contributed by atoms with Gasteiger partial charge in [0.25, 0.3) is 6.47 Å². The van der Waals surface area contributed by atoms with Crippen LogP contribution in [-0.2, 0) is 16.1 Å². The predicted molar refractivity (Wildman–Crippen MR) is 104 cm³/mol. The van der Waals surface area contributed by atoms with E-state index < -0.39 is 5.54 Å². The van der Waals surface area contributed by atoms with Crippen LogP contribution in [0.4, 0.5) is 10.1 Å². The van der Waals surface area contributed by atoms with Crippen molar-refractivity contribution in [1.29, 1.82) is 0 Å². The molecule has 0 atom stereocenters. The highest BCUT2D eigenvalue weighted by atomic mass is 19.1. The van der Waals surface area contributed by atoms with Gasteiger partial charge in [-0.25, -0.2) is 4.39 Å². The number of halogens is 1. The van der Waals surface area contributed by atoms with E-state index in [1.807, 2.05) is 18.2 Å². The number of likely N-dealkylation sites (tertiary alicyclic amines) is 1. The number of likely N-dealkylation sites (N-methyl/N-ethyl adjacent to an activating group) is 1. The van der Waals surface area contributed by atoms with Gasteiger partial charge in [-0.2, -0.15) is 0 Å². The molecule has 0 spiro atoms. The summed E-state index contributed by atoms with van der Waals surface area (Å²) < 4.78 is 13.5. The third kappa shape index (κ3) is 5.75. The number of piperidine rings is 1. The number of hydrogen-bond donors (Lipinski definition) is 3. The SMILES string of the molecule is CNC(=O)C1(Nc2cccc(F)c2)CCN(Cc2ccccn2)CC1.O=CO. The van der Waals surface area contributed by atoms with Crippen molar-refractivity contribution in [3.05, 3.63) is 60.2 Å². The summed E-state index contributed by atoms with van der Waals surface area (Å²) in [6.07, 6.45) is 3.09. The van der Waals surface area contributed by atoms with Crippen molar-refractivity contribution in [2.45, 2.75) is 24.9 Å². The Morgan fingerprint density at radius 1 is 1.29 bits per heavy atom. The van der Waals surface area contributed by atoms with E-state index in [4.69, 9.17) is 9.90 Å². The Morgan fingerprint density at radius 2 is 2.00 bits per heavy atom. The first-order valence-electron chi connectivity index (χ1n) is 8.99. The summed E-state index contributed by atoms with van der Waals surface area (Å²) in [7, 11) is 1.64. The third-order valence-corrected chi connectivity index (χ3v) is 4.69. The van der Waals surface area contributed by atoms with Gasteiger partial charge in [0.15, 0.2) is 0 Å². The van der Waals surface area contributed by atoms with E-state index in [1.165, 1.54) is 12.1 Å². The smallest absolute Gasteiger partial charge is 0.290 e. The number of hydrogen-bond acceptors (Lipinski definition) is 5. The Hall–Kier alpha value is -3.00. The second-order valence-corrected chi connectivity index (χ2v) is 6.50. The molecule has 7 nitrogen and oxygen atoms in total. The predicted octanol–water partition coefficient (Wildman–Crippen LogP) is 2.11. The molecule has 0 aliphatic carbocycles. The molecule has 0 bridgehead atoms. The number of pyridine rings is 1. The molecule has 1 aromatic heterocycles. The van der Waals surface area contributed by atoms with Crippen LogP contribution in [0.1, 0.15) is 18.5 Å². The molecule has 1 saturated heterocycles. The fourth-order valence-corrected chi connectivity index (χ4v) is 3.30. The van der Waals surface area contributed by atoms with E-state index in [1.54, 1.807) is 25.4 Å². The molecule has 150 valence electrons. The van der Waals surface area contributed by atoms with Crippen molar-refractivity contribution < 1.29 is 19.1 Å². The van der Waals surface area contributed by atoms with Crippen molar-refractivity contribution >= 4 is 18.1 Å². The number of nitrogens with zero attached hydrogens (tertiary/aromatic N) is 2. The first kappa shape index (κ1) is 21.3. The number of carbonyl (C=O) groups is 2. The quantitative estimate of drug-likeness (QED) is 0.679. The molecular formula is C20H25FN4O3. The van der Waals surface area contributed by atoms with E-state index in [0.717, 1.165) is 25.3 Å². The molecule has 2 heterocycles. The number of nitrogens with one attached hydrogen (secondary N) is 2. The van der Waals surface area contributed by atoms with Crippen LogP contribution in [0.15, 0.2) is 48.7 Å². The van der Waals surface area contributed by atoms with Gasteiger partial charge in [-0.05, 0) is 43.2 Å². The summed E-state index contributed by atoms with van der Waals surface area (Å²) in [6.45, 7) is 2.06. The number of carboxylic acid groups (broad SMARTS) is 1. The Balaban J connectivity index is 0.000000878. The molecule has 8 heteroatoms. The van der Waals surface area contributed by atoms with E-state index in [-0.39, 0.29) is 18.2 Å². The summed E-state index contributed by atoms with van der Waals surface area (Å²) in [5.74, 6) is -0.376. The molecule has 0 radical (unpaired) electrons. The van der Waals surface area contributed by atoms with Gasteiger partial charge < -0.3 is 15.7 Å². The zero-order valence-corrected chi connectivity index (χ0v) is 15.8. The average Bonchev–Trinajstić information content (AvgIpc) is 2.70. The van der Waals surface area contributed by atoms with Crippen molar-refractivity contribution in [1.82, 2.24) is 15.2 Å². The van der Waals surface area contributed by atoms with Crippen molar-refractivity contribution in [3.8, 4) is 0 Å². The van der Waals surface area contributed by atoms with Crippen molar-refractivity contribution in [2.24, 2.45) is 0 Å².